The lowest BCUT2D eigenvalue weighted by Crippen LogP contribution is -2.28. The highest BCUT2D eigenvalue weighted by Gasteiger charge is 2.23. The molecule has 1 heterocycles. The van der Waals surface area contributed by atoms with Gasteiger partial charge in [0, 0.05) is 17.2 Å². The molecule has 1 aromatic heterocycles. The lowest BCUT2D eigenvalue weighted by molar-refractivity contribution is -0.120. The zero-order chi connectivity index (χ0) is 21.6. The molecule has 0 fully saturated rings. The van der Waals surface area contributed by atoms with Gasteiger partial charge in [0.15, 0.2) is 0 Å². The molecule has 0 aliphatic carbocycles. The molecule has 29 heavy (non-hydrogen) atoms. The number of hydrogen-bond acceptors (Lipinski definition) is 5. The number of carbonyl (C=O) groups excluding carboxylic acids is 2. The Morgan fingerprint density at radius 1 is 1.28 bits per heavy atom. The quantitative estimate of drug-likeness (QED) is 0.676. The molecule has 2 rings (SSSR count). The Morgan fingerprint density at radius 3 is 2.62 bits per heavy atom. The largest absolute Gasteiger partial charge is 0.443 e. The van der Waals surface area contributed by atoms with Crippen molar-refractivity contribution < 1.29 is 14.3 Å². The first-order valence-electron chi connectivity index (χ1n) is 10.1. The molecule has 2 aromatic rings. The minimum Gasteiger partial charge on any atom is -0.443 e. The van der Waals surface area contributed by atoms with Crippen LogP contribution in [-0.2, 0) is 9.53 Å². The standard InChI is InChI=1S/C22H32N4O3/c1-6-8-10-15(7-2)19(27)25-17-12-9-11-16(13-17)18-14-24-20(23)26(18)21(28)29-22(3,4)5/h9,11-15H,6-8,10H2,1-5H3,(H2,23,24)(H,25,27). The van der Waals surface area contributed by atoms with Gasteiger partial charge >= 0.3 is 6.09 Å². The molecule has 0 saturated heterocycles. The minimum atomic E-state index is -0.658. The summed E-state index contributed by atoms with van der Waals surface area (Å²) in [4.78, 5) is 29.3. The van der Waals surface area contributed by atoms with Crippen molar-refractivity contribution in [2.45, 2.75) is 65.9 Å². The highest BCUT2D eigenvalue weighted by atomic mass is 16.6. The fourth-order valence-corrected chi connectivity index (χ4v) is 3.04. The zero-order valence-corrected chi connectivity index (χ0v) is 18.0. The van der Waals surface area contributed by atoms with Gasteiger partial charge in [-0.1, -0.05) is 38.8 Å². The van der Waals surface area contributed by atoms with Crippen molar-refractivity contribution in [3.05, 3.63) is 30.5 Å². The first-order chi connectivity index (χ1) is 13.7. The molecule has 0 bridgehead atoms. The van der Waals surface area contributed by atoms with Crippen LogP contribution in [0.4, 0.5) is 16.4 Å². The van der Waals surface area contributed by atoms with Gasteiger partial charge in [0.2, 0.25) is 11.9 Å². The van der Waals surface area contributed by atoms with Gasteiger partial charge in [0.05, 0.1) is 11.9 Å². The van der Waals surface area contributed by atoms with E-state index in [9.17, 15) is 9.59 Å². The average Bonchev–Trinajstić information content (AvgIpc) is 3.03. The number of nitrogens with two attached hydrogens (primary N) is 1. The molecule has 0 aliphatic rings. The number of anilines is 2. The van der Waals surface area contributed by atoms with Gasteiger partial charge in [-0.25, -0.2) is 14.3 Å². The minimum absolute atomic E-state index is 0.0123. The van der Waals surface area contributed by atoms with E-state index in [-0.39, 0.29) is 17.8 Å². The van der Waals surface area contributed by atoms with Crippen molar-refractivity contribution in [2.24, 2.45) is 5.92 Å². The normalized spacial score (nSPS) is 12.4. The molecule has 0 saturated carbocycles. The van der Waals surface area contributed by atoms with Crippen LogP contribution in [-0.4, -0.2) is 27.2 Å². The van der Waals surface area contributed by atoms with Gasteiger partial charge in [-0.3, -0.25) is 4.79 Å². The first-order valence-corrected chi connectivity index (χ1v) is 10.1. The summed E-state index contributed by atoms with van der Waals surface area (Å²) < 4.78 is 6.68. The molecule has 1 amide bonds. The summed E-state index contributed by atoms with van der Waals surface area (Å²) in [6, 6.07) is 7.29. The maximum atomic E-state index is 12.6. The van der Waals surface area contributed by atoms with Crippen LogP contribution in [0, 0.1) is 5.92 Å². The highest BCUT2D eigenvalue weighted by molar-refractivity contribution is 5.93. The molecule has 0 radical (unpaired) electrons. The van der Waals surface area contributed by atoms with E-state index in [2.05, 4.69) is 17.2 Å². The second-order valence-corrected chi connectivity index (χ2v) is 8.13. The van der Waals surface area contributed by atoms with Gasteiger partial charge in [-0.15, -0.1) is 0 Å². The Bertz CT molecular complexity index is 852. The predicted molar refractivity (Wildman–Crippen MR) is 116 cm³/mol. The summed E-state index contributed by atoms with van der Waals surface area (Å²) in [5, 5.41) is 2.99. The molecule has 1 aromatic carbocycles. The van der Waals surface area contributed by atoms with Crippen LogP contribution < -0.4 is 11.1 Å². The third kappa shape index (κ3) is 6.07. The number of carbonyl (C=O) groups is 2. The number of ether oxygens (including phenoxy) is 1. The number of nitrogen functional groups attached to an aromatic ring is 1. The van der Waals surface area contributed by atoms with Crippen molar-refractivity contribution >= 4 is 23.6 Å². The fourth-order valence-electron chi connectivity index (χ4n) is 3.04. The topological polar surface area (TPSA) is 99.2 Å². The first kappa shape index (κ1) is 22.5. The third-order valence-electron chi connectivity index (χ3n) is 4.56. The molecule has 0 spiro atoms. The highest BCUT2D eigenvalue weighted by Crippen LogP contribution is 2.26. The average molecular weight is 401 g/mol. The summed E-state index contributed by atoms with van der Waals surface area (Å²) in [6.07, 6.45) is 4.70. The Kier molecular flexibility index (Phi) is 7.42. The number of amides is 1. The Labute approximate surface area is 172 Å². The number of imidazole rings is 1. The van der Waals surface area contributed by atoms with Crippen LogP contribution in [0.3, 0.4) is 0 Å². The van der Waals surface area contributed by atoms with E-state index in [0.29, 0.717) is 16.9 Å². The van der Waals surface area contributed by atoms with Crippen molar-refractivity contribution in [3.8, 4) is 11.3 Å². The van der Waals surface area contributed by atoms with E-state index in [1.165, 1.54) is 10.8 Å². The van der Waals surface area contributed by atoms with Gasteiger partial charge in [-0.05, 0) is 45.7 Å². The Morgan fingerprint density at radius 2 is 2.00 bits per heavy atom. The van der Waals surface area contributed by atoms with Gasteiger partial charge < -0.3 is 15.8 Å². The SMILES string of the molecule is CCCCC(CC)C(=O)Nc1cccc(-c2cnc(N)n2C(=O)OC(C)(C)C)c1. The fraction of sp³-hybridized carbons (Fsp3) is 0.500. The maximum Gasteiger partial charge on any atom is 0.421 e. The molecule has 158 valence electrons. The van der Waals surface area contributed by atoms with Crippen LogP contribution >= 0.6 is 0 Å². The molecule has 7 nitrogen and oxygen atoms in total. The number of benzene rings is 1. The van der Waals surface area contributed by atoms with E-state index in [0.717, 1.165) is 25.7 Å². The monoisotopic (exact) mass is 400 g/mol. The summed E-state index contributed by atoms with van der Waals surface area (Å²) >= 11 is 0. The third-order valence-corrected chi connectivity index (χ3v) is 4.56. The smallest absolute Gasteiger partial charge is 0.421 e. The Balaban J connectivity index is 2.26. The van der Waals surface area contributed by atoms with Gasteiger partial charge in [-0.2, -0.15) is 0 Å². The van der Waals surface area contributed by atoms with E-state index < -0.39 is 11.7 Å². The number of aromatic nitrogens is 2. The van der Waals surface area contributed by atoms with E-state index in [1.54, 1.807) is 20.8 Å². The second kappa shape index (κ2) is 9.58. The van der Waals surface area contributed by atoms with Crippen molar-refractivity contribution in [2.75, 3.05) is 11.1 Å². The lowest BCUT2D eigenvalue weighted by atomic mass is 9.98. The van der Waals surface area contributed by atoms with Crippen molar-refractivity contribution in [3.63, 3.8) is 0 Å². The molecular formula is C22H32N4O3. The van der Waals surface area contributed by atoms with E-state index in [4.69, 9.17) is 10.5 Å². The summed E-state index contributed by atoms with van der Waals surface area (Å²) in [5.41, 5.74) is 7.12. The van der Waals surface area contributed by atoms with Crippen LogP contribution in [0.1, 0.15) is 60.3 Å². The van der Waals surface area contributed by atoms with E-state index >= 15 is 0 Å². The molecular weight excluding hydrogens is 368 g/mol. The summed E-state index contributed by atoms with van der Waals surface area (Å²) in [6.45, 7) is 9.51. The lowest BCUT2D eigenvalue weighted by Gasteiger charge is -2.20. The Hall–Kier alpha value is -2.83. The summed E-state index contributed by atoms with van der Waals surface area (Å²) in [5.74, 6) is 0.0501. The molecule has 3 N–H and O–H groups in total. The zero-order valence-electron chi connectivity index (χ0n) is 18.0. The number of hydrogen-bond donors (Lipinski definition) is 2. The molecule has 1 atom stereocenters. The molecule has 0 aliphatic heterocycles. The number of rotatable bonds is 7. The van der Waals surface area contributed by atoms with E-state index in [1.807, 2.05) is 31.2 Å². The second-order valence-electron chi connectivity index (χ2n) is 8.13. The van der Waals surface area contributed by atoms with Crippen LogP contribution in [0.5, 0.6) is 0 Å². The number of nitrogens with zero attached hydrogens (tertiary/aromatic N) is 2. The number of unbranched alkanes of at least 4 members (excludes halogenated alkanes) is 1. The van der Waals surface area contributed by atoms with Crippen LogP contribution in [0.25, 0.3) is 11.3 Å². The maximum absolute atomic E-state index is 12.6. The van der Waals surface area contributed by atoms with Crippen LogP contribution in [0.15, 0.2) is 30.5 Å². The number of nitrogens with one attached hydrogen (secondary N) is 1. The predicted octanol–water partition coefficient (Wildman–Crippen LogP) is 5.07. The van der Waals surface area contributed by atoms with Crippen LogP contribution in [0.2, 0.25) is 0 Å². The summed E-state index contributed by atoms with van der Waals surface area (Å²) in [7, 11) is 0. The van der Waals surface area contributed by atoms with Crippen molar-refractivity contribution in [1.82, 2.24) is 9.55 Å². The molecule has 7 heteroatoms. The van der Waals surface area contributed by atoms with Gasteiger partial charge in [0.25, 0.3) is 0 Å². The molecule has 1 unspecified atom stereocenters. The van der Waals surface area contributed by atoms with Crippen molar-refractivity contribution in [1.29, 1.82) is 0 Å². The van der Waals surface area contributed by atoms with Gasteiger partial charge in [0.1, 0.15) is 5.60 Å².